The predicted octanol–water partition coefficient (Wildman–Crippen LogP) is -1.42. The molecule has 2 aliphatic heterocycles. The van der Waals surface area contributed by atoms with Gasteiger partial charge in [-0.15, -0.1) is 0 Å². The minimum atomic E-state index is -0.489. The van der Waals surface area contributed by atoms with Gasteiger partial charge in [0.1, 0.15) is 0 Å². The number of hydrogen-bond donors (Lipinski definition) is 3. The average molecular weight is 282 g/mol. The number of piperidine rings is 2. The molecule has 2 heterocycles. The Morgan fingerprint density at radius 2 is 1.95 bits per heavy atom. The van der Waals surface area contributed by atoms with E-state index in [-0.39, 0.29) is 30.3 Å². The Labute approximate surface area is 118 Å². The van der Waals surface area contributed by atoms with Gasteiger partial charge in [0.25, 0.3) is 0 Å². The maximum absolute atomic E-state index is 12.6. The number of rotatable bonds is 4. The highest BCUT2D eigenvalue weighted by atomic mass is 16.2. The number of nitrogens with two attached hydrogens (primary N) is 1. The molecule has 0 saturated carbocycles. The van der Waals surface area contributed by atoms with Crippen LogP contribution in [0.25, 0.3) is 0 Å². The van der Waals surface area contributed by atoms with E-state index >= 15 is 0 Å². The van der Waals surface area contributed by atoms with Crippen molar-refractivity contribution in [1.29, 1.82) is 0 Å². The van der Waals surface area contributed by atoms with Gasteiger partial charge in [-0.05, 0) is 32.4 Å². The van der Waals surface area contributed by atoms with E-state index in [1.165, 1.54) is 0 Å². The Kier molecular flexibility index (Phi) is 4.94. The second kappa shape index (κ2) is 6.69. The summed E-state index contributed by atoms with van der Waals surface area (Å²) in [7, 11) is 0. The van der Waals surface area contributed by atoms with Gasteiger partial charge < -0.3 is 21.3 Å². The maximum Gasteiger partial charge on any atom is 0.237 e. The fraction of sp³-hybridized carbons (Fsp3) is 0.769. The molecule has 3 amide bonds. The van der Waals surface area contributed by atoms with Crippen molar-refractivity contribution in [3.8, 4) is 0 Å². The summed E-state index contributed by atoms with van der Waals surface area (Å²) in [5.74, 6) is -0.799. The zero-order valence-corrected chi connectivity index (χ0v) is 11.6. The van der Waals surface area contributed by atoms with Crippen LogP contribution in [0.4, 0.5) is 0 Å². The SMILES string of the molecule is NC(=O)CN(C(=O)C1CCC(=O)NC1)C1CCNCC1. The molecule has 0 aliphatic carbocycles. The maximum atomic E-state index is 12.6. The summed E-state index contributed by atoms with van der Waals surface area (Å²) < 4.78 is 0. The molecule has 4 N–H and O–H groups in total. The van der Waals surface area contributed by atoms with Crippen LogP contribution < -0.4 is 16.4 Å². The zero-order valence-electron chi connectivity index (χ0n) is 11.6. The molecule has 1 unspecified atom stereocenters. The van der Waals surface area contributed by atoms with E-state index < -0.39 is 5.91 Å². The first-order valence-electron chi connectivity index (χ1n) is 7.14. The molecule has 7 nitrogen and oxygen atoms in total. The van der Waals surface area contributed by atoms with Crippen molar-refractivity contribution in [2.45, 2.75) is 31.7 Å². The van der Waals surface area contributed by atoms with Crippen molar-refractivity contribution in [2.75, 3.05) is 26.2 Å². The van der Waals surface area contributed by atoms with E-state index in [1.807, 2.05) is 0 Å². The minimum absolute atomic E-state index is 0.0163. The quantitative estimate of drug-likeness (QED) is 0.588. The second-order valence-electron chi connectivity index (χ2n) is 5.45. The second-order valence-corrected chi connectivity index (χ2v) is 5.45. The molecule has 2 fully saturated rings. The first kappa shape index (κ1) is 14.8. The highest BCUT2D eigenvalue weighted by Gasteiger charge is 2.33. The monoisotopic (exact) mass is 282 g/mol. The minimum Gasteiger partial charge on any atom is -0.368 e. The van der Waals surface area contributed by atoms with E-state index in [4.69, 9.17) is 5.73 Å². The van der Waals surface area contributed by atoms with Crippen LogP contribution in [0.15, 0.2) is 0 Å². The molecular formula is C13H22N4O3. The van der Waals surface area contributed by atoms with Gasteiger partial charge in [0.2, 0.25) is 17.7 Å². The Hall–Kier alpha value is -1.63. The predicted molar refractivity (Wildman–Crippen MR) is 72.5 cm³/mol. The third-order valence-corrected chi connectivity index (χ3v) is 3.97. The molecule has 0 aromatic heterocycles. The molecule has 20 heavy (non-hydrogen) atoms. The van der Waals surface area contributed by atoms with Crippen molar-refractivity contribution < 1.29 is 14.4 Å². The summed E-state index contributed by atoms with van der Waals surface area (Å²) in [6, 6.07) is 0.0638. The largest absolute Gasteiger partial charge is 0.368 e. The molecule has 2 saturated heterocycles. The molecule has 112 valence electrons. The molecule has 0 aromatic carbocycles. The summed E-state index contributed by atoms with van der Waals surface area (Å²) in [6.45, 7) is 2.01. The van der Waals surface area contributed by atoms with Crippen molar-refractivity contribution in [2.24, 2.45) is 11.7 Å². The number of carbonyl (C=O) groups is 3. The van der Waals surface area contributed by atoms with Gasteiger partial charge in [-0.3, -0.25) is 14.4 Å². The third-order valence-electron chi connectivity index (χ3n) is 3.97. The van der Waals surface area contributed by atoms with Crippen LogP contribution in [0.3, 0.4) is 0 Å². The molecule has 2 rings (SSSR count). The summed E-state index contributed by atoms with van der Waals surface area (Å²) >= 11 is 0. The van der Waals surface area contributed by atoms with Gasteiger partial charge in [-0.25, -0.2) is 0 Å². The van der Waals surface area contributed by atoms with E-state index in [0.717, 1.165) is 25.9 Å². The lowest BCUT2D eigenvalue weighted by Crippen LogP contribution is -2.53. The molecule has 0 bridgehead atoms. The molecule has 0 radical (unpaired) electrons. The van der Waals surface area contributed by atoms with Gasteiger partial charge in [-0.1, -0.05) is 0 Å². The average Bonchev–Trinajstić information content (AvgIpc) is 2.45. The van der Waals surface area contributed by atoms with Crippen LogP contribution >= 0.6 is 0 Å². The molecule has 7 heteroatoms. The van der Waals surface area contributed by atoms with Crippen molar-refractivity contribution in [3.05, 3.63) is 0 Å². The Morgan fingerprint density at radius 1 is 1.25 bits per heavy atom. The van der Waals surface area contributed by atoms with E-state index in [1.54, 1.807) is 4.90 Å². The fourth-order valence-corrected chi connectivity index (χ4v) is 2.85. The van der Waals surface area contributed by atoms with Crippen LogP contribution in [0.5, 0.6) is 0 Å². The molecular weight excluding hydrogens is 260 g/mol. The molecule has 0 spiro atoms. The van der Waals surface area contributed by atoms with Crippen LogP contribution in [-0.2, 0) is 14.4 Å². The highest BCUT2D eigenvalue weighted by Crippen LogP contribution is 2.19. The normalized spacial score (nSPS) is 24.0. The van der Waals surface area contributed by atoms with Gasteiger partial charge >= 0.3 is 0 Å². The fourth-order valence-electron chi connectivity index (χ4n) is 2.85. The van der Waals surface area contributed by atoms with E-state index in [0.29, 0.717) is 19.4 Å². The summed E-state index contributed by atoms with van der Waals surface area (Å²) in [6.07, 6.45) is 2.58. The summed E-state index contributed by atoms with van der Waals surface area (Å²) in [4.78, 5) is 36.6. The highest BCUT2D eigenvalue weighted by molar-refractivity contribution is 5.87. The standard InChI is InChI=1S/C13H22N4O3/c14-11(18)8-17(10-3-5-15-6-4-10)13(20)9-1-2-12(19)16-7-9/h9-10,15H,1-8H2,(H2,14,18)(H,16,19). The van der Waals surface area contributed by atoms with Crippen molar-refractivity contribution >= 4 is 17.7 Å². The van der Waals surface area contributed by atoms with Gasteiger partial charge in [-0.2, -0.15) is 0 Å². The number of nitrogens with zero attached hydrogens (tertiary/aromatic N) is 1. The zero-order chi connectivity index (χ0) is 14.5. The van der Waals surface area contributed by atoms with Gasteiger partial charge in [0.05, 0.1) is 12.5 Å². The first-order valence-corrected chi connectivity index (χ1v) is 7.14. The molecule has 1 atom stereocenters. The first-order chi connectivity index (χ1) is 9.58. The lowest BCUT2D eigenvalue weighted by Gasteiger charge is -2.36. The van der Waals surface area contributed by atoms with Crippen LogP contribution in [0.1, 0.15) is 25.7 Å². The van der Waals surface area contributed by atoms with Gasteiger partial charge in [0.15, 0.2) is 0 Å². The topological polar surface area (TPSA) is 105 Å². The molecule has 0 aromatic rings. The Morgan fingerprint density at radius 3 is 2.50 bits per heavy atom. The number of hydrogen-bond acceptors (Lipinski definition) is 4. The smallest absolute Gasteiger partial charge is 0.237 e. The van der Waals surface area contributed by atoms with Crippen molar-refractivity contribution in [1.82, 2.24) is 15.5 Å². The van der Waals surface area contributed by atoms with Crippen LogP contribution in [0, 0.1) is 5.92 Å². The number of carbonyl (C=O) groups excluding carboxylic acids is 3. The Bertz CT molecular complexity index is 383. The number of nitrogens with one attached hydrogen (secondary N) is 2. The Balaban J connectivity index is 2.02. The van der Waals surface area contributed by atoms with E-state index in [2.05, 4.69) is 10.6 Å². The van der Waals surface area contributed by atoms with Gasteiger partial charge in [0, 0.05) is 19.0 Å². The lowest BCUT2D eigenvalue weighted by atomic mass is 9.95. The number of amides is 3. The summed E-state index contributed by atoms with van der Waals surface area (Å²) in [5, 5.41) is 5.95. The van der Waals surface area contributed by atoms with Crippen molar-refractivity contribution in [3.63, 3.8) is 0 Å². The third kappa shape index (κ3) is 3.69. The van der Waals surface area contributed by atoms with Crippen LogP contribution in [-0.4, -0.2) is 54.8 Å². The van der Waals surface area contributed by atoms with E-state index in [9.17, 15) is 14.4 Å². The summed E-state index contributed by atoms with van der Waals surface area (Å²) in [5.41, 5.74) is 5.27. The van der Waals surface area contributed by atoms with Crippen LogP contribution in [0.2, 0.25) is 0 Å². The lowest BCUT2D eigenvalue weighted by molar-refractivity contribution is -0.143. The molecule has 2 aliphatic rings. The number of primary amides is 1.